The summed E-state index contributed by atoms with van der Waals surface area (Å²) in [6.07, 6.45) is 1.30. The number of aromatic hydroxyl groups is 1. The molecule has 1 aliphatic heterocycles. The second-order valence-electron chi connectivity index (χ2n) is 6.83. The average Bonchev–Trinajstić information content (AvgIpc) is 3.17. The first-order valence-electron chi connectivity index (χ1n) is 8.82. The van der Waals surface area contributed by atoms with Gasteiger partial charge < -0.3 is 9.84 Å². The number of nitrogens with one attached hydrogen (secondary N) is 1. The van der Waals surface area contributed by atoms with Crippen LogP contribution in [0, 0.1) is 3.57 Å². The van der Waals surface area contributed by atoms with Crippen molar-refractivity contribution in [2.75, 3.05) is 0 Å². The summed E-state index contributed by atoms with van der Waals surface area (Å²) < 4.78 is 7.40. The third-order valence-electron chi connectivity index (χ3n) is 5.09. The van der Waals surface area contributed by atoms with Crippen molar-refractivity contribution < 1.29 is 14.6 Å². The van der Waals surface area contributed by atoms with Gasteiger partial charge in [0, 0.05) is 8.96 Å². The van der Waals surface area contributed by atoms with Crippen molar-refractivity contribution in [3.05, 3.63) is 87.1 Å². The summed E-state index contributed by atoms with van der Waals surface area (Å²) in [5, 5.41) is 17.9. The van der Waals surface area contributed by atoms with Crippen LogP contribution >= 0.6 is 22.6 Å². The van der Waals surface area contributed by atoms with Gasteiger partial charge in [-0.15, -0.1) is 0 Å². The molecule has 2 N–H and O–H groups in total. The van der Waals surface area contributed by atoms with Crippen LogP contribution in [0.2, 0.25) is 0 Å². The number of fused-ring (bicyclic) bond motifs is 2. The number of ketones is 1. The second kappa shape index (κ2) is 6.63. The van der Waals surface area contributed by atoms with Gasteiger partial charge in [0.1, 0.15) is 17.6 Å². The highest BCUT2D eigenvalue weighted by Crippen LogP contribution is 2.45. The van der Waals surface area contributed by atoms with Gasteiger partial charge in [-0.3, -0.25) is 9.89 Å². The SMILES string of the molecule is O=C1c2cc(O)ccc2OC(c2ccc(I)cc2)C1c1ccc2cn[nH]c2c1. The monoisotopic (exact) mass is 482 g/mol. The van der Waals surface area contributed by atoms with E-state index in [1.54, 1.807) is 12.3 Å². The van der Waals surface area contributed by atoms with Gasteiger partial charge in [0.2, 0.25) is 0 Å². The summed E-state index contributed by atoms with van der Waals surface area (Å²) in [5.74, 6) is -0.0574. The van der Waals surface area contributed by atoms with Crippen LogP contribution in [0.15, 0.2) is 66.9 Å². The van der Waals surface area contributed by atoms with Crippen LogP contribution < -0.4 is 4.74 Å². The zero-order chi connectivity index (χ0) is 19.3. The molecular formula is C22H15IN2O3. The molecule has 1 aliphatic rings. The second-order valence-corrected chi connectivity index (χ2v) is 8.07. The van der Waals surface area contributed by atoms with E-state index in [9.17, 15) is 9.90 Å². The third kappa shape index (κ3) is 2.84. The van der Waals surface area contributed by atoms with Gasteiger partial charge in [-0.25, -0.2) is 0 Å². The largest absolute Gasteiger partial charge is 0.508 e. The Kier molecular flexibility index (Phi) is 4.08. The standard InChI is InChI=1S/C22H15IN2O3/c23-15-5-3-12(4-6-15)22-20(13-1-2-14-11-24-25-18(14)9-13)21(27)17-10-16(26)7-8-19(17)28-22/h1-11,20,22,26H,(H,24,25). The summed E-state index contributed by atoms with van der Waals surface area (Å²) in [4.78, 5) is 13.5. The molecule has 0 amide bonds. The van der Waals surface area contributed by atoms with Crippen molar-refractivity contribution in [2.45, 2.75) is 12.0 Å². The Bertz CT molecular complexity index is 1200. The maximum atomic E-state index is 13.5. The van der Waals surface area contributed by atoms with Crippen LogP contribution in [0.1, 0.15) is 33.5 Å². The number of H-pyrrole nitrogens is 1. The number of aromatic amines is 1. The number of halogens is 1. The van der Waals surface area contributed by atoms with Gasteiger partial charge in [0.15, 0.2) is 5.78 Å². The maximum Gasteiger partial charge on any atom is 0.178 e. The van der Waals surface area contributed by atoms with Crippen molar-refractivity contribution in [1.29, 1.82) is 0 Å². The van der Waals surface area contributed by atoms with E-state index in [1.807, 2.05) is 42.5 Å². The fraction of sp³-hybridized carbons (Fsp3) is 0.0909. The fourth-order valence-electron chi connectivity index (χ4n) is 3.71. The molecule has 28 heavy (non-hydrogen) atoms. The van der Waals surface area contributed by atoms with Crippen LogP contribution in [0.25, 0.3) is 10.9 Å². The van der Waals surface area contributed by atoms with E-state index in [0.29, 0.717) is 11.3 Å². The van der Waals surface area contributed by atoms with E-state index in [-0.39, 0.29) is 11.5 Å². The van der Waals surface area contributed by atoms with E-state index < -0.39 is 12.0 Å². The van der Waals surface area contributed by atoms with Crippen molar-refractivity contribution in [3.8, 4) is 11.5 Å². The molecule has 0 aliphatic carbocycles. The molecule has 0 fully saturated rings. The minimum atomic E-state index is -0.526. The Morgan fingerprint density at radius 1 is 1.00 bits per heavy atom. The highest BCUT2D eigenvalue weighted by Gasteiger charge is 2.39. The molecule has 138 valence electrons. The molecule has 5 nitrogen and oxygen atoms in total. The minimum absolute atomic E-state index is 0.0474. The van der Waals surface area contributed by atoms with Crippen LogP contribution in [0.5, 0.6) is 11.5 Å². The van der Waals surface area contributed by atoms with Crippen LogP contribution in [-0.4, -0.2) is 21.1 Å². The van der Waals surface area contributed by atoms with E-state index in [4.69, 9.17) is 4.74 Å². The van der Waals surface area contributed by atoms with Gasteiger partial charge in [-0.05, 0) is 70.1 Å². The number of phenols is 1. The van der Waals surface area contributed by atoms with Crippen molar-refractivity contribution in [1.82, 2.24) is 10.2 Å². The molecule has 2 heterocycles. The zero-order valence-corrected chi connectivity index (χ0v) is 16.8. The summed E-state index contributed by atoms with van der Waals surface area (Å²) in [6.45, 7) is 0. The lowest BCUT2D eigenvalue weighted by atomic mass is 9.81. The van der Waals surface area contributed by atoms with Crippen molar-refractivity contribution in [2.24, 2.45) is 0 Å². The normalized spacial score (nSPS) is 18.7. The Morgan fingerprint density at radius 3 is 2.61 bits per heavy atom. The van der Waals surface area contributed by atoms with E-state index >= 15 is 0 Å². The number of carbonyl (C=O) groups excluding carboxylic acids is 1. The van der Waals surface area contributed by atoms with Crippen molar-refractivity contribution in [3.63, 3.8) is 0 Å². The smallest absolute Gasteiger partial charge is 0.178 e. The van der Waals surface area contributed by atoms with Gasteiger partial charge in [0.25, 0.3) is 0 Å². The molecule has 0 saturated heterocycles. The molecule has 2 atom stereocenters. The molecule has 0 radical (unpaired) electrons. The topological polar surface area (TPSA) is 75.2 Å². The number of Topliss-reactive ketones (excluding diaryl/α,β-unsaturated/α-hetero) is 1. The molecule has 3 aromatic carbocycles. The van der Waals surface area contributed by atoms with Crippen LogP contribution in [0.3, 0.4) is 0 Å². The van der Waals surface area contributed by atoms with Crippen molar-refractivity contribution >= 4 is 39.3 Å². The molecule has 1 aromatic heterocycles. The zero-order valence-electron chi connectivity index (χ0n) is 14.6. The number of aromatic nitrogens is 2. The van der Waals surface area contributed by atoms with Crippen LogP contribution in [-0.2, 0) is 0 Å². The number of benzene rings is 3. The molecular weight excluding hydrogens is 467 g/mol. The number of rotatable bonds is 2. The quantitative estimate of drug-likeness (QED) is 0.396. The number of hydrogen-bond donors (Lipinski definition) is 2. The predicted molar refractivity (Wildman–Crippen MR) is 114 cm³/mol. The lowest BCUT2D eigenvalue weighted by Gasteiger charge is -2.33. The maximum absolute atomic E-state index is 13.5. The van der Waals surface area contributed by atoms with Gasteiger partial charge in [-0.2, -0.15) is 5.10 Å². The van der Waals surface area contributed by atoms with Gasteiger partial charge >= 0.3 is 0 Å². The Hall–Kier alpha value is -2.87. The average molecular weight is 482 g/mol. The van der Waals surface area contributed by atoms with E-state index in [2.05, 4.69) is 32.8 Å². The molecule has 0 bridgehead atoms. The molecule has 2 unspecified atom stereocenters. The summed E-state index contributed by atoms with van der Waals surface area (Å²) in [7, 11) is 0. The fourth-order valence-corrected chi connectivity index (χ4v) is 4.07. The summed E-state index contributed by atoms with van der Waals surface area (Å²) in [5.41, 5.74) is 3.05. The molecule has 0 saturated carbocycles. The number of nitrogens with zero attached hydrogens (tertiary/aromatic N) is 1. The third-order valence-corrected chi connectivity index (χ3v) is 5.81. The Labute approximate surface area is 174 Å². The first kappa shape index (κ1) is 17.2. The Morgan fingerprint density at radius 2 is 1.79 bits per heavy atom. The Balaban J connectivity index is 1.68. The number of phenolic OH excluding ortho intramolecular Hbond substituents is 1. The lowest BCUT2D eigenvalue weighted by molar-refractivity contribution is 0.0781. The van der Waals surface area contributed by atoms with E-state index in [0.717, 1.165) is 25.6 Å². The first-order chi connectivity index (χ1) is 13.6. The predicted octanol–water partition coefficient (Wildman–Crippen LogP) is 4.97. The highest BCUT2D eigenvalue weighted by atomic mass is 127. The van der Waals surface area contributed by atoms with Gasteiger partial charge in [-0.1, -0.05) is 24.3 Å². The minimum Gasteiger partial charge on any atom is -0.508 e. The molecule has 5 rings (SSSR count). The first-order valence-corrected chi connectivity index (χ1v) is 9.90. The number of ether oxygens (including phenoxy) is 1. The summed E-state index contributed by atoms with van der Waals surface area (Å²) >= 11 is 2.25. The lowest BCUT2D eigenvalue weighted by Crippen LogP contribution is -2.30. The van der Waals surface area contributed by atoms with Crippen LogP contribution in [0.4, 0.5) is 0 Å². The van der Waals surface area contributed by atoms with E-state index in [1.165, 1.54) is 12.1 Å². The molecule has 0 spiro atoms. The molecule has 4 aromatic rings. The van der Waals surface area contributed by atoms with Gasteiger partial charge in [0.05, 0.1) is 23.2 Å². The number of carbonyl (C=O) groups is 1. The summed E-state index contributed by atoms with van der Waals surface area (Å²) in [6, 6.07) is 18.5. The number of hydrogen-bond acceptors (Lipinski definition) is 4. The highest BCUT2D eigenvalue weighted by molar-refractivity contribution is 14.1. The molecule has 6 heteroatoms.